The van der Waals surface area contributed by atoms with E-state index < -0.39 is 0 Å². The minimum atomic E-state index is -0.114. The van der Waals surface area contributed by atoms with E-state index in [4.69, 9.17) is 5.73 Å². The summed E-state index contributed by atoms with van der Waals surface area (Å²) < 4.78 is 0. The van der Waals surface area contributed by atoms with Gasteiger partial charge in [0.25, 0.3) is 5.91 Å². The SMILES string of the molecule is Cc1[nH]nc(N)c1C(=O)NC1CCC(C)(C)C1. The highest BCUT2D eigenvalue weighted by molar-refractivity contribution is 5.99. The first-order valence-electron chi connectivity index (χ1n) is 6.00. The molecule has 1 aliphatic rings. The number of H-pyrrole nitrogens is 1. The van der Waals surface area contributed by atoms with Gasteiger partial charge in [-0.2, -0.15) is 5.10 Å². The molecule has 1 saturated carbocycles. The third-order valence-corrected chi connectivity index (χ3v) is 3.51. The van der Waals surface area contributed by atoms with Gasteiger partial charge in [-0.15, -0.1) is 0 Å². The Morgan fingerprint density at radius 1 is 1.59 bits per heavy atom. The van der Waals surface area contributed by atoms with E-state index in [1.807, 2.05) is 0 Å². The Balaban J connectivity index is 2.04. The molecule has 1 unspecified atom stereocenters. The highest BCUT2D eigenvalue weighted by Crippen LogP contribution is 2.37. The van der Waals surface area contributed by atoms with Gasteiger partial charge in [-0.1, -0.05) is 13.8 Å². The molecular formula is C12H20N4O. The molecule has 1 heterocycles. The molecule has 2 rings (SSSR count). The summed E-state index contributed by atoms with van der Waals surface area (Å²) in [4.78, 5) is 12.1. The molecular weight excluding hydrogens is 216 g/mol. The minimum absolute atomic E-state index is 0.114. The molecule has 1 aliphatic carbocycles. The summed E-state index contributed by atoms with van der Waals surface area (Å²) in [6.07, 6.45) is 3.21. The van der Waals surface area contributed by atoms with E-state index in [0.29, 0.717) is 11.0 Å². The van der Waals surface area contributed by atoms with Crippen molar-refractivity contribution in [3.05, 3.63) is 11.3 Å². The van der Waals surface area contributed by atoms with Crippen LogP contribution in [-0.2, 0) is 0 Å². The van der Waals surface area contributed by atoms with Crippen LogP contribution >= 0.6 is 0 Å². The summed E-state index contributed by atoms with van der Waals surface area (Å²) in [6.45, 7) is 6.27. The summed E-state index contributed by atoms with van der Waals surface area (Å²) in [7, 11) is 0. The minimum Gasteiger partial charge on any atom is -0.382 e. The number of aromatic amines is 1. The molecule has 1 atom stereocenters. The van der Waals surface area contributed by atoms with Gasteiger partial charge in [-0.3, -0.25) is 9.89 Å². The van der Waals surface area contributed by atoms with Gasteiger partial charge in [0.05, 0.1) is 0 Å². The Bertz CT molecular complexity index is 416. The summed E-state index contributed by atoms with van der Waals surface area (Å²) >= 11 is 0. The van der Waals surface area contributed by atoms with E-state index in [2.05, 4.69) is 29.4 Å². The van der Waals surface area contributed by atoms with E-state index in [1.54, 1.807) is 6.92 Å². The smallest absolute Gasteiger partial charge is 0.257 e. The van der Waals surface area contributed by atoms with E-state index >= 15 is 0 Å². The molecule has 0 aliphatic heterocycles. The van der Waals surface area contributed by atoms with Crippen LogP contribution < -0.4 is 11.1 Å². The number of nitrogens with one attached hydrogen (secondary N) is 2. The zero-order valence-electron chi connectivity index (χ0n) is 10.6. The highest BCUT2D eigenvalue weighted by atomic mass is 16.1. The topological polar surface area (TPSA) is 83.8 Å². The molecule has 0 saturated heterocycles. The first-order chi connectivity index (χ1) is 7.89. The van der Waals surface area contributed by atoms with E-state index in [0.717, 1.165) is 25.0 Å². The first-order valence-corrected chi connectivity index (χ1v) is 6.00. The quantitative estimate of drug-likeness (QED) is 0.729. The standard InChI is InChI=1S/C12H20N4O/c1-7-9(10(13)16-15-7)11(17)14-8-4-5-12(2,3)6-8/h8H,4-6H2,1-3H3,(H,14,17)(H3,13,15,16). The van der Waals surface area contributed by atoms with E-state index in [-0.39, 0.29) is 17.8 Å². The Morgan fingerprint density at radius 2 is 2.29 bits per heavy atom. The van der Waals surface area contributed by atoms with Gasteiger partial charge in [0.1, 0.15) is 5.56 Å². The fraction of sp³-hybridized carbons (Fsp3) is 0.667. The number of nitrogens with two attached hydrogens (primary N) is 1. The first kappa shape index (κ1) is 12.0. The van der Waals surface area contributed by atoms with Gasteiger partial charge in [0, 0.05) is 11.7 Å². The third kappa shape index (κ3) is 2.43. The molecule has 1 fully saturated rings. The van der Waals surface area contributed by atoms with Crippen LogP contribution in [0.5, 0.6) is 0 Å². The van der Waals surface area contributed by atoms with Crippen molar-refractivity contribution in [3.8, 4) is 0 Å². The molecule has 5 heteroatoms. The lowest BCUT2D eigenvalue weighted by Gasteiger charge is -2.17. The van der Waals surface area contributed by atoms with Crippen LogP contribution in [0.3, 0.4) is 0 Å². The monoisotopic (exact) mass is 236 g/mol. The van der Waals surface area contributed by atoms with E-state index in [9.17, 15) is 4.79 Å². The average molecular weight is 236 g/mol. The lowest BCUT2D eigenvalue weighted by atomic mass is 9.92. The van der Waals surface area contributed by atoms with Crippen molar-refractivity contribution in [1.82, 2.24) is 15.5 Å². The van der Waals surface area contributed by atoms with Crippen LogP contribution in [0.25, 0.3) is 0 Å². The average Bonchev–Trinajstić information content (AvgIpc) is 2.70. The second kappa shape index (κ2) is 4.05. The van der Waals surface area contributed by atoms with Crippen LogP contribution in [0.15, 0.2) is 0 Å². The van der Waals surface area contributed by atoms with Crippen molar-refractivity contribution >= 4 is 11.7 Å². The lowest BCUT2D eigenvalue weighted by molar-refractivity contribution is 0.0936. The number of anilines is 1. The highest BCUT2D eigenvalue weighted by Gasteiger charge is 2.32. The van der Waals surface area contributed by atoms with Gasteiger partial charge >= 0.3 is 0 Å². The fourth-order valence-electron chi connectivity index (χ4n) is 2.55. The van der Waals surface area contributed by atoms with Crippen LogP contribution in [0, 0.1) is 12.3 Å². The number of hydrogen-bond donors (Lipinski definition) is 3. The number of hydrogen-bond acceptors (Lipinski definition) is 3. The zero-order chi connectivity index (χ0) is 12.6. The fourth-order valence-corrected chi connectivity index (χ4v) is 2.55. The Hall–Kier alpha value is -1.52. The normalized spacial score (nSPS) is 22.6. The maximum absolute atomic E-state index is 12.1. The number of nitrogens with zero attached hydrogens (tertiary/aromatic N) is 1. The predicted octanol–water partition coefficient (Wildman–Crippen LogP) is 1.61. The summed E-state index contributed by atoms with van der Waals surface area (Å²) in [5, 5.41) is 9.60. The summed E-state index contributed by atoms with van der Waals surface area (Å²) in [5.74, 6) is 0.161. The second-order valence-electron chi connectivity index (χ2n) is 5.69. The van der Waals surface area contributed by atoms with Crippen molar-refractivity contribution in [3.63, 3.8) is 0 Å². The number of amides is 1. The molecule has 1 aromatic heterocycles. The Morgan fingerprint density at radius 3 is 2.76 bits per heavy atom. The van der Waals surface area contributed by atoms with Gasteiger partial charge in [-0.25, -0.2) is 0 Å². The van der Waals surface area contributed by atoms with Crippen molar-refractivity contribution in [2.24, 2.45) is 5.41 Å². The molecule has 0 radical (unpaired) electrons. The van der Waals surface area contributed by atoms with Crippen LogP contribution in [0.1, 0.15) is 49.2 Å². The van der Waals surface area contributed by atoms with Crippen molar-refractivity contribution in [2.45, 2.75) is 46.1 Å². The van der Waals surface area contributed by atoms with Crippen LogP contribution in [0.4, 0.5) is 5.82 Å². The van der Waals surface area contributed by atoms with Crippen LogP contribution in [0.2, 0.25) is 0 Å². The maximum atomic E-state index is 12.1. The zero-order valence-corrected chi connectivity index (χ0v) is 10.6. The molecule has 1 amide bonds. The third-order valence-electron chi connectivity index (χ3n) is 3.51. The number of nitrogen functional groups attached to an aromatic ring is 1. The second-order valence-corrected chi connectivity index (χ2v) is 5.69. The molecule has 0 aromatic carbocycles. The van der Waals surface area contributed by atoms with Crippen LogP contribution in [-0.4, -0.2) is 22.1 Å². The largest absolute Gasteiger partial charge is 0.382 e. The molecule has 1 aromatic rings. The van der Waals surface area contributed by atoms with Crippen molar-refractivity contribution in [2.75, 3.05) is 5.73 Å². The maximum Gasteiger partial charge on any atom is 0.257 e. The molecule has 5 nitrogen and oxygen atoms in total. The molecule has 94 valence electrons. The number of carbonyl (C=O) groups is 1. The summed E-state index contributed by atoms with van der Waals surface area (Å²) in [5.41, 5.74) is 7.20. The summed E-state index contributed by atoms with van der Waals surface area (Å²) in [6, 6.07) is 0.256. The Labute approximate surface area is 101 Å². The number of aromatic nitrogens is 2. The van der Waals surface area contributed by atoms with Gasteiger partial charge < -0.3 is 11.1 Å². The molecule has 4 N–H and O–H groups in total. The Kier molecular flexibility index (Phi) is 2.85. The van der Waals surface area contributed by atoms with Crippen molar-refractivity contribution in [1.29, 1.82) is 0 Å². The van der Waals surface area contributed by atoms with Gasteiger partial charge in [-0.05, 0) is 31.6 Å². The lowest BCUT2D eigenvalue weighted by Crippen LogP contribution is -2.34. The van der Waals surface area contributed by atoms with Crippen molar-refractivity contribution < 1.29 is 4.79 Å². The molecule has 0 spiro atoms. The van der Waals surface area contributed by atoms with Gasteiger partial charge in [0.2, 0.25) is 0 Å². The molecule has 17 heavy (non-hydrogen) atoms. The number of rotatable bonds is 2. The van der Waals surface area contributed by atoms with Gasteiger partial charge in [0.15, 0.2) is 5.82 Å². The molecule has 0 bridgehead atoms. The van der Waals surface area contributed by atoms with E-state index in [1.165, 1.54) is 0 Å². The number of carbonyl (C=O) groups excluding carboxylic acids is 1. The predicted molar refractivity (Wildman–Crippen MR) is 66.6 cm³/mol. The number of aryl methyl sites for hydroxylation is 1.